The first kappa shape index (κ1) is 13.6. The molecule has 0 spiro atoms. The number of rotatable bonds is 4. The summed E-state index contributed by atoms with van der Waals surface area (Å²) < 4.78 is 18.4. The first-order chi connectivity index (χ1) is 8.95. The lowest BCUT2D eigenvalue weighted by molar-refractivity contribution is 0.0602. The monoisotopic (exact) mass is 266 g/mol. The van der Waals surface area contributed by atoms with Gasteiger partial charge < -0.3 is 15.8 Å². The Morgan fingerprint density at radius 2 is 2.21 bits per heavy atom. The number of nitrogen functional groups attached to an aromatic ring is 1. The van der Waals surface area contributed by atoms with Crippen LogP contribution in [0.1, 0.15) is 36.5 Å². The predicted molar refractivity (Wildman–Crippen MR) is 72.6 cm³/mol. The molecule has 4 nitrogen and oxygen atoms in total. The van der Waals surface area contributed by atoms with Crippen LogP contribution in [-0.4, -0.2) is 19.6 Å². The van der Waals surface area contributed by atoms with Crippen LogP contribution in [0.15, 0.2) is 12.1 Å². The van der Waals surface area contributed by atoms with E-state index in [0.29, 0.717) is 12.2 Å². The highest BCUT2D eigenvalue weighted by molar-refractivity contribution is 5.96. The van der Waals surface area contributed by atoms with E-state index in [2.05, 4.69) is 17.0 Å². The highest BCUT2D eigenvalue weighted by Gasteiger charge is 2.31. The Kier molecular flexibility index (Phi) is 3.64. The summed E-state index contributed by atoms with van der Waals surface area (Å²) in [4.78, 5) is 11.5. The average molecular weight is 266 g/mol. The van der Waals surface area contributed by atoms with Crippen molar-refractivity contribution in [1.29, 1.82) is 0 Å². The minimum absolute atomic E-state index is 0.0877. The average Bonchev–Trinajstić information content (AvgIpc) is 2.34. The summed E-state index contributed by atoms with van der Waals surface area (Å²) in [5.74, 6) is -1.01. The van der Waals surface area contributed by atoms with Crippen LogP contribution in [0.2, 0.25) is 0 Å². The minimum Gasteiger partial charge on any atom is -0.465 e. The van der Waals surface area contributed by atoms with Crippen LogP contribution >= 0.6 is 0 Å². The van der Waals surface area contributed by atoms with Crippen LogP contribution < -0.4 is 11.1 Å². The number of hydrogen-bond donors (Lipinski definition) is 2. The lowest BCUT2D eigenvalue weighted by atomic mass is 9.70. The van der Waals surface area contributed by atoms with Crippen molar-refractivity contribution in [1.82, 2.24) is 0 Å². The number of esters is 1. The van der Waals surface area contributed by atoms with E-state index in [0.717, 1.165) is 18.9 Å². The first-order valence-electron chi connectivity index (χ1n) is 6.36. The van der Waals surface area contributed by atoms with E-state index < -0.39 is 11.8 Å². The van der Waals surface area contributed by atoms with E-state index in [1.807, 2.05) is 0 Å². The molecule has 0 aromatic heterocycles. The highest BCUT2D eigenvalue weighted by atomic mass is 19.1. The summed E-state index contributed by atoms with van der Waals surface area (Å²) >= 11 is 0. The minimum atomic E-state index is -0.560. The zero-order valence-corrected chi connectivity index (χ0v) is 11.3. The maximum Gasteiger partial charge on any atom is 0.340 e. The maximum atomic E-state index is 13.8. The summed E-state index contributed by atoms with van der Waals surface area (Å²) in [6.07, 6.45) is 3.50. The summed E-state index contributed by atoms with van der Waals surface area (Å²) in [5, 5.41) is 3.06. The zero-order chi connectivity index (χ0) is 14.0. The molecule has 0 aliphatic heterocycles. The Morgan fingerprint density at radius 3 is 2.74 bits per heavy atom. The van der Waals surface area contributed by atoms with E-state index >= 15 is 0 Å². The third-order valence-corrected chi connectivity index (χ3v) is 3.81. The second-order valence-corrected chi connectivity index (χ2v) is 5.43. The Hall–Kier alpha value is -1.78. The Bertz CT molecular complexity index is 498. The van der Waals surface area contributed by atoms with E-state index in [1.54, 1.807) is 0 Å². The lowest BCUT2D eigenvalue weighted by Gasteiger charge is -2.38. The van der Waals surface area contributed by atoms with Crippen molar-refractivity contribution < 1.29 is 13.9 Å². The summed E-state index contributed by atoms with van der Waals surface area (Å²) in [7, 11) is 1.27. The molecule has 1 aromatic carbocycles. The van der Waals surface area contributed by atoms with Crippen LogP contribution in [0.5, 0.6) is 0 Å². The van der Waals surface area contributed by atoms with Crippen molar-refractivity contribution in [2.24, 2.45) is 5.41 Å². The topological polar surface area (TPSA) is 64.3 Å². The highest BCUT2D eigenvalue weighted by Crippen LogP contribution is 2.40. The van der Waals surface area contributed by atoms with Gasteiger partial charge in [0.2, 0.25) is 0 Å². The molecule has 19 heavy (non-hydrogen) atoms. The van der Waals surface area contributed by atoms with Gasteiger partial charge in [0.25, 0.3) is 0 Å². The van der Waals surface area contributed by atoms with Gasteiger partial charge in [0.1, 0.15) is 5.82 Å². The van der Waals surface area contributed by atoms with Crippen LogP contribution in [0.25, 0.3) is 0 Å². The van der Waals surface area contributed by atoms with Crippen molar-refractivity contribution in [3.63, 3.8) is 0 Å². The van der Waals surface area contributed by atoms with Crippen LogP contribution in [-0.2, 0) is 4.74 Å². The molecule has 1 fully saturated rings. The number of halogens is 1. The van der Waals surface area contributed by atoms with E-state index in [9.17, 15) is 9.18 Å². The van der Waals surface area contributed by atoms with Gasteiger partial charge in [-0.2, -0.15) is 0 Å². The van der Waals surface area contributed by atoms with Gasteiger partial charge in [0.15, 0.2) is 0 Å². The first-order valence-corrected chi connectivity index (χ1v) is 6.36. The fraction of sp³-hybridized carbons (Fsp3) is 0.500. The van der Waals surface area contributed by atoms with Crippen LogP contribution in [0, 0.1) is 11.2 Å². The molecule has 5 heteroatoms. The van der Waals surface area contributed by atoms with Crippen molar-refractivity contribution in [3.8, 4) is 0 Å². The molecule has 1 aliphatic carbocycles. The molecule has 0 radical (unpaired) electrons. The number of nitrogens with two attached hydrogens (primary N) is 1. The second kappa shape index (κ2) is 5.07. The molecule has 0 amide bonds. The number of anilines is 2. The number of benzene rings is 1. The van der Waals surface area contributed by atoms with E-state index in [4.69, 9.17) is 5.73 Å². The summed E-state index contributed by atoms with van der Waals surface area (Å²) in [5.41, 5.74) is 6.41. The second-order valence-electron chi connectivity index (χ2n) is 5.43. The van der Waals surface area contributed by atoms with Gasteiger partial charge in [-0.3, -0.25) is 0 Å². The molecular weight excluding hydrogens is 247 g/mol. The molecule has 3 N–H and O–H groups in total. The summed E-state index contributed by atoms with van der Waals surface area (Å²) in [6.45, 7) is 2.86. The fourth-order valence-electron chi connectivity index (χ4n) is 2.28. The molecule has 1 aromatic rings. The Balaban J connectivity index is 2.17. The maximum absolute atomic E-state index is 13.8. The van der Waals surface area contributed by atoms with Gasteiger partial charge in [-0.05, 0) is 30.4 Å². The van der Waals surface area contributed by atoms with Gasteiger partial charge in [-0.15, -0.1) is 0 Å². The lowest BCUT2D eigenvalue weighted by Crippen LogP contribution is -2.33. The van der Waals surface area contributed by atoms with Gasteiger partial charge in [-0.25, -0.2) is 9.18 Å². The molecule has 1 saturated carbocycles. The van der Waals surface area contributed by atoms with Crippen molar-refractivity contribution in [2.75, 3.05) is 24.7 Å². The van der Waals surface area contributed by atoms with Crippen molar-refractivity contribution in [2.45, 2.75) is 26.2 Å². The third kappa shape index (κ3) is 2.80. The Labute approximate surface area is 112 Å². The zero-order valence-electron chi connectivity index (χ0n) is 11.3. The number of nitrogens with one attached hydrogen (secondary N) is 1. The van der Waals surface area contributed by atoms with Crippen molar-refractivity contribution in [3.05, 3.63) is 23.5 Å². The summed E-state index contributed by atoms with van der Waals surface area (Å²) in [6, 6.07) is 2.57. The molecule has 0 saturated heterocycles. The number of hydrogen-bond acceptors (Lipinski definition) is 4. The normalized spacial score (nSPS) is 16.6. The van der Waals surface area contributed by atoms with Crippen molar-refractivity contribution >= 4 is 17.3 Å². The number of ether oxygens (including phenoxy) is 1. The van der Waals surface area contributed by atoms with Gasteiger partial charge in [0.05, 0.1) is 18.4 Å². The standard InChI is InChI=1S/C14H19FN2O2/c1-14(4-3-5-14)8-17-12-6-9(13(18)19-2)11(16)7-10(12)15/h6-7,17H,3-5,8,16H2,1-2H3. The molecule has 0 heterocycles. The SMILES string of the molecule is COC(=O)c1cc(NCC2(C)CCC2)c(F)cc1N. The van der Waals surface area contributed by atoms with Gasteiger partial charge >= 0.3 is 5.97 Å². The van der Waals surface area contributed by atoms with Crippen LogP contribution in [0.4, 0.5) is 15.8 Å². The van der Waals surface area contributed by atoms with Crippen LogP contribution in [0.3, 0.4) is 0 Å². The van der Waals surface area contributed by atoms with E-state index in [1.165, 1.54) is 19.6 Å². The van der Waals surface area contributed by atoms with E-state index in [-0.39, 0.29) is 16.7 Å². The molecule has 0 bridgehead atoms. The molecule has 104 valence electrons. The quantitative estimate of drug-likeness (QED) is 0.649. The molecule has 0 atom stereocenters. The smallest absolute Gasteiger partial charge is 0.340 e. The molecule has 0 unspecified atom stereocenters. The van der Waals surface area contributed by atoms with Gasteiger partial charge in [-0.1, -0.05) is 13.3 Å². The fourth-order valence-corrected chi connectivity index (χ4v) is 2.28. The predicted octanol–water partition coefficient (Wildman–Crippen LogP) is 2.80. The Morgan fingerprint density at radius 1 is 1.53 bits per heavy atom. The van der Waals surface area contributed by atoms with Gasteiger partial charge in [0, 0.05) is 12.2 Å². The molecule has 1 aliphatic rings. The number of methoxy groups -OCH3 is 1. The number of carbonyl (C=O) groups excluding carboxylic acids is 1. The largest absolute Gasteiger partial charge is 0.465 e. The molecule has 2 rings (SSSR count). The molecular formula is C14H19FN2O2. The number of carbonyl (C=O) groups is 1. The third-order valence-electron chi connectivity index (χ3n) is 3.81.